The zero-order valence-electron chi connectivity index (χ0n) is 16.9. The van der Waals surface area contributed by atoms with Gasteiger partial charge in [0.1, 0.15) is 5.69 Å². The van der Waals surface area contributed by atoms with E-state index >= 15 is 0 Å². The Morgan fingerprint density at radius 1 is 1.03 bits per heavy atom. The van der Waals surface area contributed by atoms with Gasteiger partial charge in [0.15, 0.2) is 0 Å². The van der Waals surface area contributed by atoms with Crippen molar-refractivity contribution in [1.29, 1.82) is 0 Å². The summed E-state index contributed by atoms with van der Waals surface area (Å²) in [6, 6.07) is 8.91. The topological polar surface area (TPSA) is 137 Å². The summed E-state index contributed by atoms with van der Waals surface area (Å²) in [6.45, 7) is 5.89. The van der Waals surface area contributed by atoms with Gasteiger partial charge in [0.2, 0.25) is 0 Å². The maximum Gasteiger partial charge on any atom is 0.306 e. The van der Waals surface area contributed by atoms with Crippen LogP contribution >= 0.6 is 0 Å². The van der Waals surface area contributed by atoms with Crippen LogP contribution in [-0.2, 0) is 9.53 Å². The number of hydrogen-bond donors (Lipinski definition) is 1. The molecule has 0 aliphatic heterocycles. The molecule has 0 amide bonds. The minimum atomic E-state index is -0.723. The van der Waals surface area contributed by atoms with Gasteiger partial charge in [0.05, 0.1) is 34.7 Å². The summed E-state index contributed by atoms with van der Waals surface area (Å²) in [6.07, 6.45) is 0.332. The Kier molecular flexibility index (Phi) is 7.56. The predicted molar refractivity (Wildman–Crippen MR) is 112 cm³/mol. The molecule has 30 heavy (non-hydrogen) atoms. The van der Waals surface area contributed by atoms with Gasteiger partial charge in [-0.1, -0.05) is 12.1 Å². The van der Waals surface area contributed by atoms with Crippen LogP contribution in [0.1, 0.15) is 36.5 Å². The van der Waals surface area contributed by atoms with E-state index in [4.69, 9.17) is 4.74 Å². The van der Waals surface area contributed by atoms with E-state index in [2.05, 4.69) is 10.5 Å². The van der Waals surface area contributed by atoms with Crippen molar-refractivity contribution in [2.45, 2.75) is 33.6 Å². The van der Waals surface area contributed by atoms with Gasteiger partial charge in [-0.3, -0.25) is 30.4 Å². The van der Waals surface area contributed by atoms with E-state index in [0.717, 1.165) is 28.8 Å². The van der Waals surface area contributed by atoms with Gasteiger partial charge in [0, 0.05) is 12.5 Å². The highest BCUT2D eigenvalue weighted by Crippen LogP contribution is 2.29. The molecular weight excluding hydrogens is 392 g/mol. The number of non-ortho nitro benzene ring substituents is 1. The Morgan fingerprint density at radius 2 is 1.77 bits per heavy atom. The number of nitrogens with one attached hydrogen (secondary N) is 1. The number of nitro benzene ring substituents is 2. The van der Waals surface area contributed by atoms with Crippen molar-refractivity contribution >= 4 is 28.7 Å². The maximum atomic E-state index is 11.8. The molecule has 10 heteroatoms. The standard InChI is InChI=1S/C20H22N4O6/c1-4-30-20(25)10-9-17(15-6-5-13(2)14(3)11-15)21-22-18-8-7-16(23(26)27)12-19(18)24(28)29/h5-8,11-12,22H,4,9-10H2,1-3H3/b21-17+. The zero-order chi connectivity index (χ0) is 22.3. The Bertz CT molecular complexity index is 1000. The highest BCUT2D eigenvalue weighted by atomic mass is 16.6. The second kappa shape index (κ2) is 10.1. The van der Waals surface area contributed by atoms with E-state index in [9.17, 15) is 25.0 Å². The number of rotatable bonds is 9. The number of aryl methyl sites for hydroxylation is 2. The lowest BCUT2D eigenvalue weighted by Gasteiger charge is -2.10. The van der Waals surface area contributed by atoms with Crippen molar-refractivity contribution in [3.63, 3.8) is 0 Å². The number of anilines is 1. The van der Waals surface area contributed by atoms with Gasteiger partial charge in [-0.05, 0) is 49.6 Å². The summed E-state index contributed by atoms with van der Waals surface area (Å²) >= 11 is 0. The summed E-state index contributed by atoms with van der Waals surface area (Å²) in [4.78, 5) is 32.5. The average molecular weight is 414 g/mol. The van der Waals surface area contributed by atoms with Crippen molar-refractivity contribution in [3.8, 4) is 0 Å². The van der Waals surface area contributed by atoms with Crippen LogP contribution in [0.2, 0.25) is 0 Å². The Balaban J connectivity index is 2.38. The van der Waals surface area contributed by atoms with Crippen LogP contribution < -0.4 is 5.43 Å². The van der Waals surface area contributed by atoms with E-state index in [1.54, 1.807) is 6.92 Å². The first-order valence-electron chi connectivity index (χ1n) is 9.21. The smallest absolute Gasteiger partial charge is 0.306 e. The Labute approximate surface area is 172 Å². The van der Waals surface area contributed by atoms with Crippen LogP contribution in [0.4, 0.5) is 17.1 Å². The maximum absolute atomic E-state index is 11.8. The van der Waals surface area contributed by atoms with Gasteiger partial charge >= 0.3 is 11.7 Å². The summed E-state index contributed by atoms with van der Waals surface area (Å²) in [7, 11) is 0. The van der Waals surface area contributed by atoms with Crippen molar-refractivity contribution < 1.29 is 19.4 Å². The molecule has 0 unspecified atom stereocenters. The third-order valence-corrected chi connectivity index (χ3v) is 4.41. The molecule has 0 aliphatic carbocycles. The molecule has 0 heterocycles. The fourth-order valence-electron chi connectivity index (χ4n) is 2.65. The lowest BCUT2D eigenvalue weighted by molar-refractivity contribution is -0.393. The largest absolute Gasteiger partial charge is 0.466 e. The van der Waals surface area contributed by atoms with E-state index in [1.165, 1.54) is 6.07 Å². The number of benzene rings is 2. The number of carbonyl (C=O) groups is 1. The van der Waals surface area contributed by atoms with Crippen molar-refractivity contribution in [1.82, 2.24) is 0 Å². The number of ether oxygens (including phenoxy) is 1. The van der Waals surface area contributed by atoms with Crippen molar-refractivity contribution in [2.24, 2.45) is 5.10 Å². The molecule has 0 atom stereocenters. The molecule has 0 spiro atoms. The molecule has 10 nitrogen and oxygen atoms in total. The minimum absolute atomic E-state index is 0.00284. The molecule has 0 aromatic heterocycles. The number of esters is 1. The van der Waals surface area contributed by atoms with E-state index in [1.807, 2.05) is 32.0 Å². The summed E-state index contributed by atoms with van der Waals surface area (Å²) in [5.41, 5.74) is 5.11. The third kappa shape index (κ3) is 5.84. The molecule has 158 valence electrons. The van der Waals surface area contributed by atoms with Crippen LogP contribution in [0.25, 0.3) is 0 Å². The fraction of sp³-hybridized carbons (Fsp3) is 0.300. The third-order valence-electron chi connectivity index (χ3n) is 4.41. The molecule has 0 bridgehead atoms. The number of nitrogens with zero attached hydrogens (tertiary/aromatic N) is 3. The first-order chi connectivity index (χ1) is 14.2. The van der Waals surface area contributed by atoms with Crippen molar-refractivity contribution in [3.05, 3.63) is 73.3 Å². The van der Waals surface area contributed by atoms with Gasteiger partial charge < -0.3 is 4.74 Å². The zero-order valence-corrected chi connectivity index (χ0v) is 16.9. The van der Waals surface area contributed by atoms with Gasteiger partial charge in [0.25, 0.3) is 5.69 Å². The molecule has 0 saturated heterocycles. The van der Waals surface area contributed by atoms with Crippen molar-refractivity contribution in [2.75, 3.05) is 12.0 Å². The molecular formula is C20H22N4O6. The first-order valence-corrected chi connectivity index (χ1v) is 9.21. The number of hydrogen-bond acceptors (Lipinski definition) is 8. The second-order valence-corrected chi connectivity index (χ2v) is 6.49. The quantitative estimate of drug-likeness (QED) is 0.280. The number of hydrazone groups is 1. The summed E-state index contributed by atoms with van der Waals surface area (Å²) in [5, 5.41) is 26.5. The Morgan fingerprint density at radius 3 is 2.37 bits per heavy atom. The Hall–Kier alpha value is -3.82. The van der Waals surface area contributed by atoms with Crippen LogP contribution in [0.5, 0.6) is 0 Å². The lowest BCUT2D eigenvalue weighted by Crippen LogP contribution is -2.11. The predicted octanol–water partition coefficient (Wildman–Crippen LogP) is 4.28. The van der Waals surface area contributed by atoms with Gasteiger partial charge in [-0.25, -0.2) is 0 Å². The molecule has 2 aromatic carbocycles. The van der Waals surface area contributed by atoms with Crippen LogP contribution in [0.15, 0.2) is 41.5 Å². The normalized spacial score (nSPS) is 11.1. The summed E-state index contributed by atoms with van der Waals surface area (Å²) in [5.74, 6) is -0.379. The molecule has 0 saturated carbocycles. The molecule has 0 fully saturated rings. The highest BCUT2D eigenvalue weighted by molar-refractivity contribution is 6.02. The SMILES string of the molecule is CCOC(=O)CC/C(=N\Nc1ccc([N+](=O)[O-])cc1[N+](=O)[O-])c1ccc(C)c(C)c1. The van der Waals surface area contributed by atoms with E-state index in [-0.39, 0.29) is 31.1 Å². The molecule has 2 aromatic rings. The van der Waals surface area contributed by atoms with Crippen LogP contribution in [0.3, 0.4) is 0 Å². The van der Waals surface area contributed by atoms with Gasteiger partial charge in [-0.15, -0.1) is 0 Å². The monoisotopic (exact) mass is 414 g/mol. The van der Waals surface area contributed by atoms with Gasteiger partial charge in [-0.2, -0.15) is 5.10 Å². The fourth-order valence-corrected chi connectivity index (χ4v) is 2.65. The van der Waals surface area contributed by atoms with Crippen LogP contribution in [0, 0.1) is 34.1 Å². The minimum Gasteiger partial charge on any atom is -0.466 e. The molecule has 2 rings (SSSR count). The molecule has 1 N–H and O–H groups in total. The first kappa shape index (κ1) is 22.5. The number of nitro groups is 2. The second-order valence-electron chi connectivity index (χ2n) is 6.49. The van der Waals surface area contributed by atoms with Crippen LogP contribution in [-0.4, -0.2) is 28.1 Å². The average Bonchev–Trinajstić information content (AvgIpc) is 2.70. The highest BCUT2D eigenvalue weighted by Gasteiger charge is 2.19. The molecule has 0 aliphatic rings. The van der Waals surface area contributed by atoms with E-state index in [0.29, 0.717) is 5.71 Å². The summed E-state index contributed by atoms with van der Waals surface area (Å²) < 4.78 is 4.95. The number of carbonyl (C=O) groups excluding carboxylic acids is 1. The molecule has 0 radical (unpaired) electrons. The lowest BCUT2D eigenvalue weighted by atomic mass is 10.0. The van der Waals surface area contributed by atoms with E-state index < -0.39 is 21.2 Å².